The number of rotatable bonds is 4. The molecule has 0 saturated carbocycles. The van der Waals surface area contributed by atoms with E-state index >= 15 is 0 Å². The molecule has 0 aliphatic rings. The van der Waals surface area contributed by atoms with Gasteiger partial charge in [-0.1, -0.05) is 0 Å². The predicted octanol–water partition coefficient (Wildman–Crippen LogP) is -0.935. The lowest BCUT2D eigenvalue weighted by atomic mass is 10.1. The van der Waals surface area contributed by atoms with Crippen LogP contribution < -0.4 is 0 Å². The quantitative estimate of drug-likeness (QED) is 0.559. The Hall–Kier alpha value is -0.610. The van der Waals surface area contributed by atoms with E-state index in [0.29, 0.717) is 6.54 Å². The van der Waals surface area contributed by atoms with E-state index in [1.165, 1.54) is 11.8 Å². The van der Waals surface area contributed by atoms with Crippen molar-refractivity contribution >= 4 is 5.91 Å². The highest BCUT2D eigenvalue weighted by atomic mass is 16.3. The molecule has 0 atom stereocenters. The molecule has 0 aliphatic carbocycles. The first-order valence-electron chi connectivity index (χ1n) is 3.55. The minimum absolute atomic E-state index is 0.0584. The highest BCUT2D eigenvalue weighted by Crippen LogP contribution is 1.96. The first kappa shape index (κ1) is 10.4. The first-order chi connectivity index (χ1) is 5.11. The Kier molecular flexibility index (Phi) is 4.81. The lowest BCUT2D eigenvalue weighted by molar-refractivity contribution is -0.128. The van der Waals surface area contributed by atoms with Crippen LogP contribution in [0.15, 0.2) is 0 Å². The van der Waals surface area contributed by atoms with Crippen LogP contribution in [0, 0.1) is 5.92 Å². The monoisotopic (exact) mass is 161 g/mol. The van der Waals surface area contributed by atoms with Crippen molar-refractivity contribution in [2.45, 2.75) is 6.92 Å². The molecule has 4 heteroatoms. The molecule has 0 heterocycles. The summed E-state index contributed by atoms with van der Waals surface area (Å²) in [6, 6.07) is 0. The summed E-state index contributed by atoms with van der Waals surface area (Å²) < 4.78 is 0. The SMILES string of the molecule is CC(=O)N(C)CC(CO)CO. The van der Waals surface area contributed by atoms with Gasteiger partial charge in [0.1, 0.15) is 0 Å². The van der Waals surface area contributed by atoms with Crippen molar-refractivity contribution in [2.24, 2.45) is 5.92 Å². The molecule has 11 heavy (non-hydrogen) atoms. The summed E-state index contributed by atoms with van der Waals surface area (Å²) in [7, 11) is 1.64. The fraction of sp³-hybridized carbons (Fsp3) is 0.857. The maximum absolute atomic E-state index is 10.7. The van der Waals surface area contributed by atoms with E-state index in [-0.39, 0.29) is 25.0 Å². The zero-order valence-corrected chi connectivity index (χ0v) is 6.95. The average Bonchev–Trinajstić information content (AvgIpc) is 1.99. The zero-order chi connectivity index (χ0) is 8.85. The van der Waals surface area contributed by atoms with Crippen LogP contribution in [0.2, 0.25) is 0 Å². The number of aliphatic hydroxyl groups is 2. The van der Waals surface area contributed by atoms with Crippen LogP contribution >= 0.6 is 0 Å². The third-order valence-electron chi connectivity index (χ3n) is 1.59. The summed E-state index contributed by atoms with van der Waals surface area (Å²) in [5, 5.41) is 17.3. The van der Waals surface area contributed by atoms with Crippen LogP contribution in [0.1, 0.15) is 6.92 Å². The highest BCUT2D eigenvalue weighted by molar-refractivity contribution is 5.72. The van der Waals surface area contributed by atoms with Crippen molar-refractivity contribution in [3.63, 3.8) is 0 Å². The van der Waals surface area contributed by atoms with Crippen LogP contribution in [0.25, 0.3) is 0 Å². The first-order valence-corrected chi connectivity index (χ1v) is 3.55. The molecule has 0 fully saturated rings. The van der Waals surface area contributed by atoms with Crippen molar-refractivity contribution in [3.05, 3.63) is 0 Å². The molecule has 0 aromatic carbocycles. The maximum atomic E-state index is 10.7. The van der Waals surface area contributed by atoms with Gasteiger partial charge in [-0.25, -0.2) is 0 Å². The zero-order valence-electron chi connectivity index (χ0n) is 6.95. The van der Waals surface area contributed by atoms with Gasteiger partial charge in [0, 0.05) is 39.6 Å². The highest BCUT2D eigenvalue weighted by Gasteiger charge is 2.10. The molecule has 0 aromatic rings. The third kappa shape index (κ3) is 3.95. The minimum Gasteiger partial charge on any atom is -0.396 e. The van der Waals surface area contributed by atoms with Crippen LogP contribution in [0.3, 0.4) is 0 Å². The molecule has 0 bridgehead atoms. The van der Waals surface area contributed by atoms with Gasteiger partial charge < -0.3 is 15.1 Å². The second kappa shape index (κ2) is 5.09. The largest absolute Gasteiger partial charge is 0.396 e. The van der Waals surface area contributed by atoms with Gasteiger partial charge in [0.25, 0.3) is 0 Å². The van der Waals surface area contributed by atoms with Crippen LogP contribution in [0.5, 0.6) is 0 Å². The fourth-order valence-electron chi connectivity index (χ4n) is 0.689. The normalized spacial score (nSPS) is 10.3. The average molecular weight is 161 g/mol. The van der Waals surface area contributed by atoms with E-state index in [9.17, 15) is 4.79 Å². The van der Waals surface area contributed by atoms with E-state index in [4.69, 9.17) is 10.2 Å². The van der Waals surface area contributed by atoms with E-state index in [1.807, 2.05) is 0 Å². The van der Waals surface area contributed by atoms with E-state index in [1.54, 1.807) is 7.05 Å². The molecule has 2 N–H and O–H groups in total. The maximum Gasteiger partial charge on any atom is 0.219 e. The number of amides is 1. The summed E-state index contributed by atoms with van der Waals surface area (Å²) in [6.45, 7) is 1.68. The van der Waals surface area contributed by atoms with Gasteiger partial charge >= 0.3 is 0 Å². The topological polar surface area (TPSA) is 60.8 Å². The Morgan fingerprint density at radius 2 is 1.91 bits per heavy atom. The molecule has 0 spiro atoms. The van der Waals surface area contributed by atoms with E-state index < -0.39 is 0 Å². The molecule has 0 radical (unpaired) electrons. The lowest BCUT2D eigenvalue weighted by Crippen LogP contribution is -2.32. The van der Waals surface area contributed by atoms with Gasteiger partial charge in [0.15, 0.2) is 0 Å². The Morgan fingerprint density at radius 3 is 2.18 bits per heavy atom. The second-order valence-electron chi connectivity index (χ2n) is 2.63. The predicted molar refractivity (Wildman–Crippen MR) is 41.0 cm³/mol. The number of hydrogen-bond acceptors (Lipinski definition) is 3. The van der Waals surface area contributed by atoms with Crippen molar-refractivity contribution in [3.8, 4) is 0 Å². The Balaban J connectivity index is 3.71. The van der Waals surface area contributed by atoms with Crippen molar-refractivity contribution in [1.29, 1.82) is 0 Å². The molecule has 0 aliphatic heterocycles. The number of nitrogens with zero attached hydrogens (tertiary/aromatic N) is 1. The summed E-state index contributed by atoms with van der Waals surface area (Å²) in [5.41, 5.74) is 0. The molecular weight excluding hydrogens is 146 g/mol. The number of carbonyl (C=O) groups excluding carboxylic acids is 1. The summed E-state index contributed by atoms with van der Waals surface area (Å²) in [4.78, 5) is 12.1. The Labute approximate surface area is 66.4 Å². The molecule has 0 rings (SSSR count). The molecule has 0 saturated heterocycles. The van der Waals surface area contributed by atoms with Crippen molar-refractivity contribution < 1.29 is 15.0 Å². The van der Waals surface area contributed by atoms with E-state index in [2.05, 4.69) is 0 Å². The summed E-state index contributed by atoms with van der Waals surface area (Å²) in [6.07, 6.45) is 0. The second-order valence-corrected chi connectivity index (χ2v) is 2.63. The Bertz CT molecular complexity index is 123. The summed E-state index contributed by atoms with van der Waals surface area (Å²) in [5.74, 6) is -0.277. The van der Waals surface area contributed by atoms with Gasteiger partial charge in [-0.2, -0.15) is 0 Å². The molecule has 0 aromatic heterocycles. The standard InChI is InChI=1S/C7H15NO3/c1-6(11)8(2)3-7(4-9)5-10/h7,9-10H,3-5H2,1-2H3. The van der Waals surface area contributed by atoms with Crippen molar-refractivity contribution in [1.82, 2.24) is 4.90 Å². The molecule has 1 amide bonds. The molecular formula is C7H15NO3. The summed E-state index contributed by atoms with van der Waals surface area (Å²) >= 11 is 0. The molecule has 66 valence electrons. The number of hydrogen-bond donors (Lipinski definition) is 2. The smallest absolute Gasteiger partial charge is 0.219 e. The van der Waals surface area contributed by atoms with Gasteiger partial charge in [-0.15, -0.1) is 0 Å². The fourth-order valence-corrected chi connectivity index (χ4v) is 0.689. The van der Waals surface area contributed by atoms with Crippen LogP contribution in [-0.4, -0.2) is 47.8 Å². The van der Waals surface area contributed by atoms with Crippen LogP contribution in [-0.2, 0) is 4.79 Å². The molecule has 4 nitrogen and oxygen atoms in total. The van der Waals surface area contributed by atoms with Crippen LogP contribution in [0.4, 0.5) is 0 Å². The van der Waals surface area contributed by atoms with Gasteiger partial charge in [-0.3, -0.25) is 4.79 Å². The number of aliphatic hydroxyl groups excluding tert-OH is 2. The third-order valence-corrected chi connectivity index (χ3v) is 1.59. The Morgan fingerprint density at radius 1 is 1.45 bits per heavy atom. The molecule has 0 unspecified atom stereocenters. The van der Waals surface area contributed by atoms with Gasteiger partial charge in [0.2, 0.25) is 5.91 Å². The van der Waals surface area contributed by atoms with Gasteiger partial charge in [-0.05, 0) is 0 Å². The number of carbonyl (C=O) groups is 1. The van der Waals surface area contributed by atoms with Gasteiger partial charge in [0.05, 0.1) is 0 Å². The minimum atomic E-state index is -0.219. The van der Waals surface area contributed by atoms with E-state index in [0.717, 1.165) is 0 Å². The van der Waals surface area contributed by atoms with Crippen molar-refractivity contribution in [2.75, 3.05) is 26.8 Å². The lowest BCUT2D eigenvalue weighted by Gasteiger charge is -2.19.